The van der Waals surface area contributed by atoms with E-state index in [0.29, 0.717) is 45.0 Å². The minimum Gasteiger partial charge on any atom is -0.494 e. The molecule has 3 N–H and O–H groups in total. The minimum atomic E-state index is -4.33. The number of hydrogen-bond donors (Lipinski definition) is 2. The Labute approximate surface area is 235 Å². The van der Waals surface area contributed by atoms with Gasteiger partial charge in [-0.05, 0) is 48.4 Å². The molecule has 2 aromatic heterocycles. The highest BCUT2D eigenvalue weighted by molar-refractivity contribution is 8.20. The summed E-state index contributed by atoms with van der Waals surface area (Å²) in [5, 5.41) is 7.81. The smallest absolute Gasteiger partial charge is 0.390 e. The number of primary amides is 1. The van der Waals surface area contributed by atoms with Crippen LogP contribution in [0.5, 0.6) is 5.75 Å². The molecule has 0 radical (unpaired) electrons. The van der Waals surface area contributed by atoms with Gasteiger partial charge < -0.3 is 15.8 Å². The van der Waals surface area contributed by atoms with Crippen molar-refractivity contribution in [1.82, 2.24) is 14.6 Å². The van der Waals surface area contributed by atoms with Crippen molar-refractivity contribution in [2.45, 2.75) is 23.6 Å². The second-order valence-electron chi connectivity index (χ2n) is 9.17. The molecule has 13 heteroatoms. The zero-order valence-corrected chi connectivity index (χ0v) is 23.1. The second kappa shape index (κ2) is 10.8. The number of halogens is 4. The highest BCUT2D eigenvalue weighted by Gasteiger charge is 2.42. The molecule has 1 saturated heterocycles. The molecule has 1 aliphatic heterocycles. The molecule has 1 fully saturated rings. The van der Waals surface area contributed by atoms with E-state index in [9.17, 15) is 22.4 Å². The van der Waals surface area contributed by atoms with Crippen LogP contribution in [0.3, 0.4) is 0 Å². The van der Waals surface area contributed by atoms with Crippen LogP contribution in [-0.2, 0) is 4.08 Å². The number of aromatic nitrogens is 3. The first-order chi connectivity index (χ1) is 19.0. The van der Waals surface area contributed by atoms with Crippen molar-refractivity contribution >= 4 is 40.8 Å². The van der Waals surface area contributed by atoms with E-state index in [0.717, 1.165) is 11.5 Å². The van der Waals surface area contributed by atoms with Crippen molar-refractivity contribution in [2.24, 2.45) is 5.73 Å². The number of alkyl halides is 3. The Morgan fingerprint density at radius 2 is 1.93 bits per heavy atom. The topological polar surface area (TPSA) is 94.5 Å². The van der Waals surface area contributed by atoms with Crippen LogP contribution in [0.4, 0.5) is 23.2 Å². The highest BCUT2D eigenvalue weighted by Crippen LogP contribution is 2.56. The van der Waals surface area contributed by atoms with Gasteiger partial charge >= 0.3 is 6.18 Å². The van der Waals surface area contributed by atoms with Gasteiger partial charge in [0.25, 0.3) is 0 Å². The third-order valence-corrected chi connectivity index (χ3v) is 10.0. The summed E-state index contributed by atoms with van der Waals surface area (Å²) >= 11 is 3.15. The highest BCUT2D eigenvalue weighted by atomic mass is 32.2. The Morgan fingerprint density at radius 3 is 2.55 bits per heavy atom. The molecule has 1 amide bonds. The summed E-state index contributed by atoms with van der Waals surface area (Å²) in [5.41, 5.74) is 9.63. The lowest BCUT2D eigenvalue weighted by Gasteiger charge is -2.28. The Kier molecular flexibility index (Phi) is 7.62. The van der Waals surface area contributed by atoms with Crippen molar-refractivity contribution < 1.29 is 27.1 Å². The molecule has 3 heterocycles. The van der Waals surface area contributed by atoms with Gasteiger partial charge in [-0.15, -0.1) is 23.5 Å². The first-order valence-electron chi connectivity index (χ1n) is 12.2. The number of nitrogens with two attached hydrogens (primary N) is 1. The molecule has 5 rings (SSSR count). The van der Waals surface area contributed by atoms with Crippen LogP contribution in [0.1, 0.15) is 33.6 Å². The molecule has 0 unspecified atom stereocenters. The maximum Gasteiger partial charge on any atom is 0.390 e. The van der Waals surface area contributed by atoms with Crippen LogP contribution in [0.15, 0.2) is 48.7 Å². The Balaban J connectivity index is 1.68. The van der Waals surface area contributed by atoms with Crippen molar-refractivity contribution in [1.29, 1.82) is 0 Å². The van der Waals surface area contributed by atoms with Crippen LogP contribution >= 0.6 is 23.5 Å². The predicted octanol–water partition coefficient (Wildman–Crippen LogP) is 6.00. The van der Waals surface area contributed by atoms with Gasteiger partial charge in [0.15, 0.2) is 17.2 Å². The van der Waals surface area contributed by atoms with E-state index < -0.39 is 28.4 Å². The van der Waals surface area contributed by atoms with E-state index in [1.165, 1.54) is 13.2 Å². The number of benzene rings is 2. The molecule has 1 aliphatic rings. The van der Waals surface area contributed by atoms with Crippen LogP contribution < -0.4 is 15.8 Å². The van der Waals surface area contributed by atoms with Gasteiger partial charge in [0.05, 0.1) is 36.8 Å². The third kappa shape index (κ3) is 5.31. The van der Waals surface area contributed by atoms with E-state index in [4.69, 9.17) is 15.6 Å². The molecule has 0 aliphatic carbocycles. The number of imidazole rings is 1. The number of methoxy groups -OCH3 is 1. The maximum absolute atomic E-state index is 14.8. The van der Waals surface area contributed by atoms with Crippen molar-refractivity contribution in [3.05, 3.63) is 76.9 Å². The van der Waals surface area contributed by atoms with Gasteiger partial charge in [-0.3, -0.25) is 4.79 Å². The summed E-state index contributed by atoms with van der Waals surface area (Å²) < 4.78 is 59.6. The van der Waals surface area contributed by atoms with Gasteiger partial charge in [-0.25, -0.2) is 13.9 Å². The molecule has 0 atom stereocenters. The number of nitrogens with one attached hydrogen (secondary N) is 1. The summed E-state index contributed by atoms with van der Waals surface area (Å²) in [5.74, 6) is 0.559. The molecular weight excluding hydrogens is 566 g/mol. The molecular formula is C27H25F4N5O2S2. The molecule has 0 saturated carbocycles. The number of ether oxygens (including phenoxy) is 1. The predicted molar refractivity (Wildman–Crippen MR) is 149 cm³/mol. The number of carbonyl (C=O) groups excluding carboxylic acids is 1. The number of anilines is 1. The van der Waals surface area contributed by atoms with E-state index >= 15 is 0 Å². The Hall–Kier alpha value is -3.45. The number of thioether (sulfide) groups is 2. The number of aryl methyl sites for hydroxylation is 1. The standard InChI is InChI=1S/C27H25F4N5O2S2/c1-15-11-16(3-5-18(15)24(32)37)21-14-34-25-20(33-8-7-26(29,30)31)13-23(35-36(21)25)27(39-9-10-40-27)17-4-6-22(38-2)19(28)12-17/h3-6,11-14,33H,7-10H2,1-2H3,(H2,32,37). The van der Waals surface area contributed by atoms with Crippen molar-refractivity contribution in [2.75, 3.05) is 30.5 Å². The lowest BCUT2D eigenvalue weighted by molar-refractivity contribution is -0.131. The lowest BCUT2D eigenvalue weighted by Crippen LogP contribution is -2.22. The van der Waals surface area contributed by atoms with Crippen LogP contribution in [0.2, 0.25) is 0 Å². The van der Waals surface area contributed by atoms with Crippen LogP contribution in [0.25, 0.3) is 16.9 Å². The van der Waals surface area contributed by atoms with E-state index in [-0.39, 0.29) is 12.3 Å². The molecule has 0 bridgehead atoms. The number of hydrogen-bond acceptors (Lipinski definition) is 7. The van der Waals surface area contributed by atoms with Crippen molar-refractivity contribution in [3.8, 4) is 17.0 Å². The largest absolute Gasteiger partial charge is 0.494 e. The first-order valence-corrected chi connectivity index (χ1v) is 14.2. The fourth-order valence-electron chi connectivity index (χ4n) is 4.64. The zero-order valence-electron chi connectivity index (χ0n) is 21.5. The number of fused-ring (bicyclic) bond motifs is 1. The average molecular weight is 592 g/mol. The van der Waals surface area contributed by atoms with Crippen LogP contribution in [-0.4, -0.2) is 51.8 Å². The minimum absolute atomic E-state index is 0.108. The third-order valence-electron chi connectivity index (χ3n) is 6.54. The maximum atomic E-state index is 14.8. The number of nitrogens with zero attached hydrogens (tertiary/aromatic N) is 3. The lowest BCUT2D eigenvalue weighted by atomic mass is 10.0. The molecule has 0 spiro atoms. The van der Waals surface area contributed by atoms with Crippen molar-refractivity contribution in [3.63, 3.8) is 0 Å². The molecule has 4 aromatic rings. The monoisotopic (exact) mass is 591 g/mol. The Morgan fingerprint density at radius 1 is 1.18 bits per heavy atom. The zero-order chi connectivity index (χ0) is 28.7. The normalized spacial score (nSPS) is 14.9. The van der Waals surface area contributed by atoms with Gasteiger partial charge in [0.1, 0.15) is 4.08 Å². The van der Waals surface area contributed by atoms with Gasteiger partial charge in [-0.1, -0.05) is 12.1 Å². The average Bonchev–Trinajstić information content (AvgIpc) is 3.56. The summed E-state index contributed by atoms with van der Waals surface area (Å²) in [4.78, 5) is 16.2. The molecule has 2 aromatic carbocycles. The molecule has 210 valence electrons. The van der Waals surface area contributed by atoms with E-state index in [2.05, 4.69) is 10.3 Å². The van der Waals surface area contributed by atoms with Gasteiger partial charge in [0, 0.05) is 29.2 Å². The van der Waals surface area contributed by atoms with E-state index in [1.54, 1.807) is 77.6 Å². The fourth-order valence-corrected chi connectivity index (χ4v) is 7.80. The summed E-state index contributed by atoms with van der Waals surface area (Å²) in [6.07, 6.45) is -3.79. The van der Waals surface area contributed by atoms with Gasteiger partial charge in [0.2, 0.25) is 5.91 Å². The quantitative estimate of drug-likeness (QED) is 0.243. The summed E-state index contributed by atoms with van der Waals surface area (Å²) in [6.45, 7) is 1.40. The fraction of sp³-hybridized carbons (Fsp3) is 0.296. The van der Waals surface area contributed by atoms with Crippen LogP contribution in [0, 0.1) is 12.7 Å². The first kappa shape index (κ1) is 28.1. The number of rotatable bonds is 8. The SMILES string of the molecule is COc1ccc(C2(c3cc(NCCC(F)(F)F)c4ncc(-c5ccc(C(N)=O)c(C)c5)n4n3)SCCS2)cc1F. The second-order valence-corrected chi connectivity index (χ2v) is 12.0. The summed E-state index contributed by atoms with van der Waals surface area (Å²) in [7, 11) is 1.39. The summed E-state index contributed by atoms with van der Waals surface area (Å²) in [6, 6.07) is 11.5. The number of carbonyl (C=O) groups is 1. The Bertz CT molecular complexity index is 1590. The molecule has 7 nitrogen and oxygen atoms in total. The molecule has 40 heavy (non-hydrogen) atoms. The van der Waals surface area contributed by atoms with Gasteiger partial charge in [-0.2, -0.15) is 18.3 Å². The van der Waals surface area contributed by atoms with E-state index in [1.807, 2.05) is 0 Å². The number of amides is 1.